The molecule has 54 heavy (non-hydrogen) atoms. The average Bonchev–Trinajstić information content (AvgIpc) is 3.76. The van der Waals surface area contributed by atoms with E-state index in [1.165, 1.54) is 46.9 Å². The van der Waals surface area contributed by atoms with E-state index in [1.54, 1.807) is 45.0 Å². The van der Waals surface area contributed by atoms with Gasteiger partial charge in [-0.3, -0.25) is 20.2 Å². The van der Waals surface area contributed by atoms with Crippen molar-refractivity contribution in [3.8, 4) is 0 Å². The molecule has 0 bridgehead atoms. The van der Waals surface area contributed by atoms with E-state index in [0.29, 0.717) is 68.0 Å². The van der Waals surface area contributed by atoms with E-state index in [0.717, 1.165) is 51.4 Å². The number of sulfonamides is 2. The van der Waals surface area contributed by atoms with Gasteiger partial charge in [-0.15, -0.1) is 0 Å². The number of rotatable bonds is 20. The zero-order valence-electron chi connectivity index (χ0n) is 31.1. The van der Waals surface area contributed by atoms with E-state index in [4.69, 9.17) is 0 Å². The number of hydrogen-bond donors (Lipinski definition) is 2. The number of carbonyl (C=O) groups excluding carboxylic acids is 2. The normalized spacial score (nSPS) is 12.3. The Labute approximate surface area is 326 Å². The summed E-state index contributed by atoms with van der Waals surface area (Å²) in [5.41, 5.74) is 1.75. The number of hydrogen-bond acceptors (Lipinski definition) is 10. The minimum atomic E-state index is -3.68. The third-order valence-electron chi connectivity index (χ3n) is 8.89. The van der Waals surface area contributed by atoms with Gasteiger partial charge in [0.15, 0.2) is 10.3 Å². The highest BCUT2D eigenvalue weighted by Crippen LogP contribution is 2.31. The fourth-order valence-corrected chi connectivity index (χ4v) is 10.7. The molecule has 0 atom stereocenters. The van der Waals surface area contributed by atoms with Crippen molar-refractivity contribution in [2.24, 2.45) is 0 Å². The number of anilines is 2. The Hall–Kier alpha value is -3.80. The average molecular weight is 813 g/mol. The van der Waals surface area contributed by atoms with Crippen molar-refractivity contribution in [3.63, 3.8) is 0 Å². The second kappa shape index (κ2) is 18.7. The van der Waals surface area contributed by atoms with Gasteiger partial charge in [0.05, 0.1) is 30.2 Å². The van der Waals surface area contributed by atoms with Crippen molar-refractivity contribution in [2.45, 2.75) is 88.9 Å². The molecule has 16 heteroatoms. The molecule has 0 unspecified atom stereocenters. The summed E-state index contributed by atoms with van der Waals surface area (Å²) in [6, 6.07) is 15.8. The lowest BCUT2D eigenvalue weighted by Crippen LogP contribution is -2.33. The summed E-state index contributed by atoms with van der Waals surface area (Å²) in [6.07, 6.45) is 6.71. The topological polar surface area (TPSA) is 159 Å². The Balaban J connectivity index is 1.24. The van der Waals surface area contributed by atoms with E-state index in [2.05, 4.69) is 20.6 Å². The summed E-state index contributed by atoms with van der Waals surface area (Å²) in [4.78, 5) is 35.6. The molecule has 0 saturated carbocycles. The van der Waals surface area contributed by atoms with E-state index in [9.17, 15) is 26.4 Å². The molecule has 0 saturated heterocycles. The standard InChI is InChI=1S/C38H48N6O6S4/c1-5-9-21-43(22-10-6-2)53(47,48)29-17-19-31-33(25-29)51-37(39-31)41-35(45)27-13-15-28(16-14-27)36(46)42-38-40-32-20-18-30(26-34(32)52-38)54(49,50)44(23-11-7-3)24-12-8-4/h13-20,25-26H,5-12,21-24H2,1-4H3,(H,39,41,45)(H,40,42,46). The van der Waals surface area contributed by atoms with Crippen LogP contribution in [0.15, 0.2) is 70.5 Å². The van der Waals surface area contributed by atoms with Gasteiger partial charge in [-0.25, -0.2) is 26.8 Å². The molecule has 0 radical (unpaired) electrons. The van der Waals surface area contributed by atoms with E-state index in [1.807, 2.05) is 27.7 Å². The van der Waals surface area contributed by atoms with Crippen LogP contribution < -0.4 is 10.6 Å². The molecule has 12 nitrogen and oxygen atoms in total. The first kappa shape index (κ1) is 41.4. The quantitative estimate of drug-likeness (QED) is 0.0791. The summed E-state index contributed by atoms with van der Waals surface area (Å²) < 4.78 is 58.3. The monoisotopic (exact) mass is 812 g/mol. The summed E-state index contributed by atoms with van der Waals surface area (Å²) in [5, 5.41) is 6.21. The number of thiazole rings is 2. The van der Waals surface area contributed by atoms with E-state index in [-0.39, 0.29) is 9.79 Å². The molecule has 0 fully saturated rings. The maximum absolute atomic E-state index is 13.5. The Bertz CT molecular complexity index is 2110. The van der Waals surface area contributed by atoms with Gasteiger partial charge < -0.3 is 0 Å². The molecule has 2 heterocycles. The summed E-state index contributed by atoms with van der Waals surface area (Å²) in [6.45, 7) is 10.0. The Morgan fingerprint density at radius 3 is 1.20 bits per heavy atom. The highest BCUT2D eigenvalue weighted by Gasteiger charge is 2.26. The Morgan fingerprint density at radius 1 is 0.556 bits per heavy atom. The predicted molar refractivity (Wildman–Crippen MR) is 219 cm³/mol. The van der Waals surface area contributed by atoms with Crippen molar-refractivity contribution < 1.29 is 26.4 Å². The number of nitrogens with one attached hydrogen (secondary N) is 2. The molecule has 0 aliphatic heterocycles. The molecule has 5 aromatic rings. The SMILES string of the molecule is CCCCN(CCCC)S(=O)(=O)c1ccc2nc(NC(=O)c3ccc(C(=O)Nc4nc5ccc(S(=O)(=O)N(CCCC)CCCC)cc5s4)cc3)sc2c1. The van der Waals surface area contributed by atoms with Gasteiger partial charge in [0.25, 0.3) is 11.8 Å². The molecule has 2 amide bonds. The lowest BCUT2D eigenvalue weighted by molar-refractivity contribution is 0.101. The lowest BCUT2D eigenvalue weighted by atomic mass is 10.1. The molecular formula is C38H48N6O6S4. The number of benzene rings is 3. The maximum Gasteiger partial charge on any atom is 0.257 e. The molecule has 5 rings (SSSR count). The molecule has 290 valence electrons. The second-order valence-electron chi connectivity index (χ2n) is 13.0. The van der Waals surface area contributed by atoms with Crippen LogP contribution in [-0.2, 0) is 20.0 Å². The van der Waals surface area contributed by atoms with Crippen LogP contribution in [0.5, 0.6) is 0 Å². The zero-order valence-corrected chi connectivity index (χ0v) is 34.4. The molecular weight excluding hydrogens is 765 g/mol. The fourth-order valence-electron chi connectivity index (χ4n) is 5.69. The first-order valence-electron chi connectivity index (χ1n) is 18.5. The van der Waals surface area contributed by atoms with Gasteiger partial charge in [0, 0.05) is 37.3 Å². The van der Waals surface area contributed by atoms with Gasteiger partial charge in [0.1, 0.15) is 0 Å². The van der Waals surface area contributed by atoms with Crippen LogP contribution in [0.1, 0.15) is 99.8 Å². The van der Waals surface area contributed by atoms with Crippen LogP contribution in [0.3, 0.4) is 0 Å². The zero-order chi connectivity index (χ0) is 38.9. The highest BCUT2D eigenvalue weighted by atomic mass is 32.2. The molecule has 0 aliphatic rings. The van der Waals surface area contributed by atoms with Gasteiger partial charge in [-0.1, -0.05) is 76.1 Å². The highest BCUT2D eigenvalue weighted by molar-refractivity contribution is 7.89. The van der Waals surface area contributed by atoms with Gasteiger partial charge in [-0.05, 0) is 86.3 Å². The second-order valence-corrected chi connectivity index (χ2v) is 18.9. The van der Waals surface area contributed by atoms with Crippen molar-refractivity contribution in [1.82, 2.24) is 18.6 Å². The molecule has 0 spiro atoms. The molecule has 2 aromatic heterocycles. The van der Waals surface area contributed by atoms with Gasteiger partial charge in [-0.2, -0.15) is 8.61 Å². The van der Waals surface area contributed by atoms with Crippen molar-refractivity contribution >= 4 is 85.2 Å². The van der Waals surface area contributed by atoms with Gasteiger partial charge in [0.2, 0.25) is 20.0 Å². The van der Waals surface area contributed by atoms with Crippen LogP contribution in [0.2, 0.25) is 0 Å². The van der Waals surface area contributed by atoms with E-state index >= 15 is 0 Å². The Morgan fingerprint density at radius 2 is 0.889 bits per heavy atom. The number of fused-ring (bicyclic) bond motifs is 2. The van der Waals surface area contributed by atoms with Crippen LogP contribution in [-0.4, -0.2) is 73.4 Å². The third-order valence-corrected chi connectivity index (χ3v) is 14.5. The third kappa shape index (κ3) is 9.89. The van der Waals surface area contributed by atoms with Crippen LogP contribution in [0, 0.1) is 0 Å². The number of aromatic nitrogens is 2. The summed E-state index contributed by atoms with van der Waals surface area (Å²) >= 11 is 2.37. The smallest absolute Gasteiger partial charge is 0.257 e. The summed E-state index contributed by atoms with van der Waals surface area (Å²) in [7, 11) is -7.36. The Kier molecular flexibility index (Phi) is 14.3. The maximum atomic E-state index is 13.5. The first-order valence-corrected chi connectivity index (χ1v) is 23.0. The number of nitrogens with zero attached hydrogens (tertiary/aromatic N) is 4. The number of carbonyl (C=O) groups is 2. The molecule has 0 aliphatic carbocycles. The molecule has 3 aromatic carbocycles. The summed E-state index contributed by atoms with van der Waals surface area (Å²) in [5.74, 6) is -0.863. The lowest BCUT2D eigenvalue weighted by Gasteiger charge is -2.21. The number of amides is 2. The van der Waals surface area contributed by atoms with Crippen molar-refractivity contribution in [3.05, 3.63) is 71.8 Å². The van der Waals surface area contributed by atoms with Crippen LogP contribution in [0.4, 0.5) is 10.3 Å². The predicted octanol–water partition coefficient (Wildman–Crippen LogP) is 8.59. The number of unbranched alkanes of at least 4 members (excludes halogenated alkanes) is 4. The fraction of sp³-hybridized carbons (Fsp3) is 0.421. The van der Waals surface area contributed by atoms with Crippen LogP contribution in [0.25, 0.3) is 20.4 Å². The minimum absolute atomic E-state index is 0.202. The first-order chi connectivity index (χ1) is 25.9. The van der Waals surface area contributed by atoms with E-state index < -0.39 is 31.9 Å². The molecule has 2 N–H and O–H groups in total. The van der Waals surface area contributed by atoms with Crippen LogP contribution >= 0.6 is 22.7 Å². The largest absolute Gasteiger partial charge is 0.298 e. The van der Waals surface area contributed by atoms with Crippen molar-refractivity contribution in [1.29, 1.82) is 0 Å². The van der Waals surface area contributed by atoms with Gasteiger partial charge >= 0.3 is 0 Å². The minimum Gasteiger partial charge on any atom is -0.298 e. The van der Waals surface area contributed by atoms with Crippen molar-refractivity contribution in [2.75, 3.05) is 36.8 Å².